The standard InChI is InChI=1S/C19H23NO4/c20-13-12-19(21)23-15-5-4-14-22-16-8-10-18(11-9-16)24-17-6-2-1-3-7-17/h1-3,6-11H,4-5,12-15,20H2. The van der Waals surface area contributed by atoms with Gasteiger partial charge in [0, 0.05) is 6.54 Å². The number of hydrogen-bond donors (Lipinski definition) is 1. The molecule has 0 saturated carbocycles. The van der Waals surface area contributed by atoms with E-state index in [0.29, 0.717) is 19.8 Å². The Morgan fingerprint density at radius 3 is 2.17 bits per heavy atom. The second kappa shape index (κ2) is 10.3. The number of para-hydroxylation sites is 1. The van der Waals surface area contributed by atoms with Crippen LogP contribution in [0.15, 0.2) is 54.6 Å². The molecule has 0 aliphatic heterocycles. The van der Waals surface area contributed by atoms with Gasteiger partial charge in [-0.3, -0.25) is 4.79 Å². The first-order valence-electron chi connectivity index (χ1n) is 8.09. The molecule has 2 rings (SSSR count). The van der Waals surface area contributed by atoms with E-state index in [0.717, 1.165) is 30.1 Å². The highest BCUT2D eigenvalue weighted by molar-refractivity contribution is 5.69. The van der Waals surface area contributed by atoms with Crippen molar-refractivity contribution in [2.45, 2.75) is 19.3 Å². The first kappa shape index (κ1) is 17.8. The Bertz CT molecular complexity index is 599. The fourth-order valence-corrected chi connectivity index (χ4v) is 2.00. The molecular formula is C19H23NO4. The van der Waals surface area contributed by atoms with Crippen molar-refractivity contribution in [2.24, 2.45) is 5.73 Å². The van der Waals surface area contributed by atoms with Crippen LogP contribution in [-0.4, -0.2) is 25.7 Å². The van der Waals surface area contributed by atoms with Gasteiger partial charge in [-0.25, -0.2) is 0 Å². The molecule has 128 valence electrons. The third kappa shape index (κ3) is 6.71. The van der Waals surface area contributed by atoms with Crippen LogP contribution in [0.1, 0.15) is 19.3 Å². The van der Waals surface area contributed by atoms with Gasteiger partial charge in [-0.15, -0.1) is 0 Å². The number of benzene rings is 2. The molecule has 5 heteroatoms. The van der Waals surface area contributed by atoms with E-state index >= 15 is 0 Å². The van der Waals surface area contributed by atoms with Crippen LogP contribution in [0, 0.1) is 0 Å². The molecule has 0 radical (unpaired) electrons. The van der Waals surface area contributed by atoms with Gasteiger partial charge >= 0.3 is 5.97 Å². The van der Waals surface area contributed by atoms with Gasteiger partial charge in [0.15, 0.2) is 0 Å². The number of esters is 1. The number of ether oxygens (including phenoxy) is 3. The largest absolute Gasteiger partial charge is 0.494 e. The molecule has 0 aliphatic carbocycles. The summed E-state index contributed by atoms with van der Waals surface area (Å²) in [5, 5.41) is 0. The predicted octanol–water partition coefficient (Wildman–Crippen LogP) is 3.53. The molecule has 2 N–H and O–H groups in total. The summed E-state index contributed by atoms with van der Waals surface area (Å²) in [6.45, 7) is 1.31. The molecule has 5 nitrogen and oxygen atoms in total. The average molecular weight is 329 g/mol. The third-order valence-corrected chi connectivity index (χ3v) is 3.22. The third-order valence-electron chi connectivity index (χ3n) is 3.22. The molecular weight excluding hydrogens is 306 g/mol. The van der Waals surface area contributed by atoms with Crippen LogP contribution in [0.2, 0.25) is 0 Å². The molecule has 0 atom stereocenters. The molecule has 0 unspecified atom stereocenters. The molecule has 0 aliphatic rings. The molecule has 0 fully saturated rings. The smallest absolute Gasteiger partial charge is 0.307 e. The molecule has 0 bridgehead atoms. The minimum Gasteiger partial charge on any atom is -0.494 e. The van der Waals surface area contributed by atoms with Crippen LogP contribution in [0.3, 0.4) is 0 Å². The van der Waals surface area contributed by atoms with E-state index in [1.807, 2.05) is 54.6 Å². The van der Waals surface area contributed by atoms with Crippen LogP contribution in [0.25, 0.3) is 0 Å². The molecule has 2 aromatic rings. The van der Waals surface area contributed by atoms with E-state index in [1.54, 1.807) is 0 Å². The lowest BCUT2D eigenvalue weighted by Gasteiger charge is -2.09. The van der Waals surface area contributed by atoms with Gasteiger partial charge in [0.05, 0.1) is 19.6 Å². The summed E-state index contributed by atoms with van der Waals surface area (Å²) in [7, 11) is 0. The fraction of sp³-hybridized carbons (Fsp3) is 0.316. The molecule has 0 heterocycles. The topological polar surface area (TPSA) is 70.8 Å². The van der Waals surface area contributed by atoms with Gasteiger partial charge in [-0.2, -0.15) is 0 Å². The molecule has 2 aromatic carbocycles. The highest BCUT2D eigenvalue weighted by atomic mass is 16.5. The Morgan fingerprint density at radius 1 is 0.833 bits per heavy atom. The molecule has 0 amide bonds. The van der Waals surface area contributed by atoms with Crippen molar-refractivity contribution in [3.8, 4) is 17.2 Å². The maximum Gasteiger partial charge on any atom is 0.307 e. The van der Waals surface area contributed by atoms with E-state index in [1.165, 1.54) is 0 Å². The summed E-state index contributed by atoms with van der Waals surface area (Å²) in [6.07, 6.45) is 1.86. The maximum atomic E-state index is 11.1. The number of hydrogen-bond acceptors (Lipinski definition) is 5. The maximum absolute atomic E-state index is 11.1. The lowest BCUT2D eigenvalue weighted by Crippen LogP contribution is -2.12. The van der Waals surface area contributed by atoms with Crippen molar-refractivity contribution in [3.63, 3.8) is 0 Å². The SMILES string of the molecule is NCCC(=O)OCCCCOc1ccc(Oc2ccccc2)cc1. The van der Waals surface area contributed by atoms with Crippen molar-refractivity contribution in [3.05, 3.63) is 54.6 Å². The summed E-state index contributed by atoms with van der Waals surface area (Å²) in [4.78, 5) is 11.1. The first-order valence-corrected chi connectivity index (χ1v) is 8.09. The van der Waals surface area contributed by atoms with Crippen LogP contribution in [0.5, 0.6) is 17.2 Å². The number of unbranched alkanes of at least 4 members (excludes halogenated alkanes) is 1. The number of nitrogens with two attached hydrogens (primary N) is 1. The van der Waals surface area contributed by atoms with Gasteiger partial charge in [-0.1, -0.05) is 18.2 Å². The monoisotopic (exact) mass is 329 g/mol. The summed E-state index contributed by atoms with van der Waals surface area (Å²) in [5.74, 6) is 2.11. The fourth-order valence-electron chi connectivity index (χ4n) is 2.00. The van der Waals surface area contributed by atoms with E-state index < -0.39 is 0 Å². The number of carbonyl (C=O) groups excluding carboxylic acids is 1. The summed E-state index contributed by atoms with van der Waals surface area (Å²) >= 11 is 0. The van der Waals surface area contributed by atoms with Crippen molar-refractivity contribution < 1.29 is 19.0 Å². The summed E-state index contributed by atoms with van der Waals surface area (Å²) < 4.78 is 16.4. The highest BCUT2D eigenvalue weighted by Gasteiger charge is 2.01. The first-order chi connectivity index (χ1) is 11.8. The quantitative estimate of drug-likeness (QED) is 0.533. The molecule has 24 heavy (non-hydrogen) atoms. The normalized spacial score (nSPS) is 10.2. The summed E-state index contributed by atoms with van der Waals surface area (Å²) in [6, 6.07) is 17.1. The molecule has 0 aromatic heterocycles. The van der Waals surface area contributed by atoms with Gasteiger partial charge in [-0.05, 0) is 49.2 Å². The van der Waals surface area contributed by atoms with E-state index in [9.17, 15) is 4.79 Å². The van der Waals surface area contributed by atoms with Crippen molar-refractivity contribution in [2.75, 3.05) is 19.8 Å². The minimum absolute atomic E-state index is 0.243. The number of rotatable bonds is 10. The van der Waals surface area contributed by atoms with Crippen LogP contribution in [0.4, 0.5) is 0 Å². The van der Waals surface area contributed by atoms with Gasteiger partial charge in [0.1, 0.15) is 17.2 Å². The van der Waals surface area contributed by atoms with Crippen LogP contribution in [-0.2, 0) is 9.53 Å². The average Bonchev–Trinajstić information content (AvgIpc) is 2.60. The highest BCUT2D eigenvalue weighted by Crippen LogP contribution is 2.23. The Hall–Kier alpha value is -2.53. The zero-order valence-corrected chi connectivity index (χ0v) is 13.6. The van der Waals surface area contributed by atoms with E-state index in [4.69, 9.17) is 19.9 Å². The molecule has 0 spiro atoms. The van der Waals surface area contributed by atoms with E-state index in [-0.39, 0.29) is 12.4 Å². The van der Waals surface area contributed by atoms with Gasteiger partial charge in [0.25, 0.3) is 0 Å². The van der Waals surface area contributed by atoms with Crippen molar-refractivity contribution >= 4 is 5.97 Å². The van der Waals surface area contributed by atoms with Gasteiger partial charge < -0.3 is 19.9 Å². The van der Waals surface area contributed by atoms with Gasteiger partial charge in [0.2, 0.25) is 0 Å². The predicted molar refractivity (Wildman–Crippen MR) is 92.3 cm³/mol. The zero-order chi connectivity index (χ0) is 17.0. The van der Waals surface area contributed by atoms with Crippen LogP contribution >= 0.6 is 0 Å². The minimum atomic E-state index is -0.243. The Kier molecular flexibility index (Phi) is 7.63. The lowest BCUT2D eigenvalue weighted by molar-refractivity contribution is -0.143. The lowest BCUT2D eigenvalue weighted by atomic mass is 10.3. The second-order valence-corrected chi connectivity index (χ2v) is 5.20. The Balaban J connectivity index is 1.63. The zero-order valence-electron chi connectivity index (χ0n) is 13.6. The number of carbonyl (C=O) groups is 1. The summed E-state index contributed by atoms with van der Waals surface area (Å²) in [5.41, 5.74) is 5.27. The second-order valence-electron chi connectivity index (χ2n) is 5.20. The van der Waals surface area contributed by atoms with Crippen molar-refractivity contribution in [1.82, 2.24) is 0 Å². The van der Waals surface area contributed by atoms with Crippen molar-refractivity contribution in [1.29, 1.82) is 0 Å². The Morgan fingerprint density at radius 2 is 1.46 bits per heavy atom. The molecule has 0 saturated heterocycles. The van der Waals surface area contributed by atoms with Crippen LogP contribution < -0.4 is 15.2 Å². The Labute approximate surface area is 142 Å². The van der Waals surface area contributed by atoms with E-state index in [2.05, 4.69) is 0 Å².